The van der Waals surface area contributed by atoms with Crippen LogP contribution in [0.4, 0.5) is 11.4 Å². The first-order valence-corrected chi connectivity index (χ1v) is 12.5. The average Bonchev–Trinajstić information content (AvgIpc) is 3.72. The highest BCUT2D eigenvalue weighted by atomic mass is 16.2. The summed E-state index contributed by atoms with van der Waals surface area (Å²) >= 11 is 0. The molecule has 1 unspecified atom stereocenters. The molecule has 2 aromatic carbocycles. The van der Waals surface area contributed by atoms with Crippen molar-refractivity contribution >= 4 is 23.2 Å². The van der Waals surface area contributed by atoms with E-state index in [9.17, 15) is 9.59 Å². The molecule has 4 saturated carbocycles. The number of hydrogen-bond acceptors (Lipinski definition) is 2. The summed E-state index contributed by atoms with van der Waals surface area (Å²) in [6.07, 6.45) is 10.0. The number of rotatable bonds is 5. The van der Waals surface area contributed by atoms with Crippen molar-refractivity contribution in [3.05, 3.63) is 48.5 Å². The highest BCUT2D eigenvalue weighted by Gasteiger charge is 2.55. The van der Waals surface area contributed by atoms with Gasteiger partial charge in [-0.3, -0.25) is 9.59 Å². The fourth-order valence-corrected chi connectivity index (χ4v) is 6.71. The minimum atomic E-state index is 0.199. The van der Waals surface area contributed by atoms with Crippen LogP contribution in [0, 0.1) is 35.5 Å². The lowest BCUT2D eigenvalue weighted by Crippen LogP contribution is -2.15. The summed E-state index contributed by atoms with van der Waals surface area (Å²) in [5.74, 6) is 3.39. The lowest BCUT2D eigenvalue weighted by molar-refractivity contribution is -0.118. The second-order valence-electron chi connectivity index (χ2n) is 10.4. The molecular formula is C28H32N2O2. The van der Waals surface area contributed by atoms with Gasteiger partial charge in [-0.1, -0.05) is 49.9 Å². The topological polar surface area (TPSA) is 58.2 Å². The number of carbonyl (C=O) groups excluding carboxylic acids is 2. The van der Waals surface area contributed by atoms with Gasteiger partial charge in [0.05, 0.1) is 0 Å². The Morgan fingerprint density at radius 2 is 0.844 bits per heavy atom. The summed E-state index contributed by atoms with van der Waals surface area (Å²) in [7, 11) is 0. The van der Waals surface area contributed by atoms with Crippen molar-refractivity contribution < 1.29 is 9.59 Å². The van der Waals surface area contributed by atoms with Crippen molar-refractivity contribution in [3.8, 4) is 11.1 Å². The Balaban J connectivity index is 1.05. The third-order valence-electron chi connectivity index (χ3n) is 8.56. The minimum absolute atomic E-state index is 0.199. The number of benzene rings is 2. The Bertz CT molecular complexity index is 905. The van der Waals surface area contributed by atoms with Crippen molar-refractivity contribution in [1.29, 1.82) is 0 Å². The molecule has 2 N–H and O–H groups in total. The molecule has 32 heavy (non-hydrogen) atoms. The van der Waals surface area contributed by atoms with Crippen LogP contribution in [0.25, 0.3) is 11.1 Å². The zero-order chi connectivity index (χ0) is 21.7. The molecule has 166 valence electrons. The summed E-state index contributed by atoms with van der Waals surface area (Å²) in [5, 5.41) is 6.24. The molecule has 4 nitrogen and oxygen atoms in total. The number of fused-ring (bicyclic) bond motifs is 2. The smallest absolute Gasteiger partial charge is 0.228 e. The van der Waals surface area contributed by atoms with Crippen LogP contribution in [0.15, 0.2) is 48.5 Å². The molecule has 4 fully saturated rings. The molecule has 4 aliphatic carbocycles. The molecule has 2 amide bonds. The van der Waals surface area contributed by atoms with Gasteiger partial charge in [0.2, 0.25) is 11.8 Å². The zero-order valence-corrected chi connectivity index (χ0v) is 18.6. The molecule has 4 heteroatoms. The maximum absolute atomic E-state index is 12.6. The number of anilines is 2. The molecule has 5 atom stereocenters. The van der Waals surface area contributed by atoms with Gasteiger partial charge in [-0.05, 0) is 84.7 Å². The largest absolute Gasteiger partial charge is 0.326 e. The van der Waals surface area contributed by atoms with E-state index in [1.165, 1.54) is 51.4 Å². The van der Waals surface area contributed by atoms with E-state index in [1.54, 1.807) is 0 Å². The van der Waals surface area contributed by atoms with E-state index in [-0.39, 0.29) is 23.7 Å². The molecule has 0 aliphatic heterocycles. The van der Waals surface area contributed by atoms with E-state index >= 15 is 0 Å². The highest BCUT2D eigenvalue weighted by Crippen LogP contribution is 2.56. The SMILES string of the molecule is O=C(Nc1ccc(-c2ccc(NC(=O)C3[C@H]4CCCC[C@@H]34)cc2)cc1)C1[C@H]2CCCC[C@H]12. The summed E-state index contributed by atoms with van der Waals surface area (Å²) in [5.41, 5.74) is 3.96. The van der Waals surface area contributed by atoms with Gasteiger partial charge < -0.3 is 10.6 Å². The number of nitrogens with one attached hydrogen (secondary N) is 2. The van der Waals surface area contributed by atoms with Gasteiger partial charge in [-0.15, -0.1) is 0 Å². The molecular weight excluding hydrogens is 396 g/mol. The van der Waals surface area contributed by atoms with E-state index < -0.39 is 0 Å². The average molecular weight is 429 g/mol. The van der Waals surface area contributed by atoms with E-state index in [4.69, 9.17) is 0 Å². The summed E-state index contributed by atoms with van der Waals surface area (Å²) < 4.78 is 0. The molecule has 2 aromatic rings. The fraction of sp³-hybridized carbons (Fsp3) is 0.500. The van der Waals surface area contributed by atoms with E-state index in [2.05, 4.69) is 34.9 Å². The van der Waals surface area contributed by atoms with Gasteiger partial charge in [0.25, 0.3) is 0 Å². The molecule has 0 heterocycles. The number of hydrogen-bond donors (Lipinski definition) is 2. The summed E-state index contributed by atoms with van der Waals surface area (Å²) in [4.78, 5) is 25.2. The first-order valence-electron chi connectivity index (χ1n) is 12.5. The standard InChI is InChI=1S/C28H32N2O2/c31-27(25-21-5-1-2-6-22(21)25)29-19-13-9-17(10-14-19)18-11-15-20(16-12-18)30-28(32)26-23-7-3-4-8-24(23)26/h9-16,21-26H,1-8H2,(H,29,31)(H,30,32)/t21-,22-,23-,24+,26?/m0/s1. The maximum atomic E-state index is 12.6. The van der Waals surface area contributed by atoms with Gasteiger partial charge in [-0.2, -0.15) is 0 Å². The quantitative estimate of drug-likeness (QED) is 0.604. The summed E-state index contributed by atoms with van der Waals surface area (Å²) in [6.45, 7) is 0. The van der Waals surface area contributed by atoms with E-state index in [0.29, 0.717) is 23.7 Å². The highest BCUT2D eigenvalue weighted by molar-refractivity contribution is 5.96. The molecule has 0 saturated heterocycles. The number of carbonyl (C=O) groups is 2. The van der Waals surface area contributed by atoms with Crippen LogP contribution in [0.3, 0.4) is 0 Å². The van der Waals surface area contributed by atoms with Gasteiger partial charge in [0, 0.05) is 23.2 Å². The normalized spacial score (nSPS) is 32.2. The van der Waals surface area contributed by atoms with E-state index in [0.717, 1.165) is 22.5 Å². The van der Waals surface area contributed by atoms with Crippen molar-refractivity contribution in [3.63, 3.8) is 0 Å². The lowest BCUT2D eigenvalue weighted by Gasteiger charge is -2.09. The third kappa shape index (κ3) is 3.74. The second-order valence-corrected chi connectivity index (χ2v) is 10.4. The fourth-order valence-electron chi connectivity index (χ4n) is 6.71. The van der Waals surface area contributed by atoms with Crippen LogP contribution in [0.2, 0.25) is 0 Å². The summed E-state index contributed by atoms with van der Waals surface area (Å²) in [6, 6.07) is 16.2. The number of amides is 2. The Hall–Kier alpha value is -2.62. The first kappa shape index (κ1) is 20.0. The van der Waals surface area contributed by atoms with Crippen LogP contribution >= 0.6 is 0 Å². The molecule has 0 radical (unpaired) electrons. The predicted octanol–water partition coefficient (Wildman–Crippen LogP) is 6.10. The first-order chi connectivity index (χ1) is 15.7. The molecule has 4 aliphatic rings. The van der Waals surface area contributed by atoms with Gasteiger partial charge in [0.15, 0.2) is 0 Å². The zero-order valence-electron chi connectivity index (χ0n) is 18.6. The van der Waals surface area contributed by atoms with E-state index in [1.807, 2.05) is 24.3 Å². The van der Waals surface area contributed by atoms with Crippen LogP contribution in [-0.4, -0.2) is 11.8 Å². The van der Waals surface area contributed by atoms with Crippen molar-refractivity contribution in [1.82, 2.24) is 0 Å². The maximum Gasteiger partial charge on any atom is 0.228 e. The lowest BCUT2D eigenvalue weighted by atomic mass is 10.0. The minimum Gasteiger partial charge on any atom is -0.326 e. The van der Waals surface area contributed by atoms with Gasteiger partial charge in [-0.25, -0.2) is 0 Å². The molecule has 0 spiro atoms. The van der Waals surface area contributed by atoms with Crippen LogP contribution in [-0.2, 0) is 9.59 Å². The molecule has 0 bridgehead atoms. The third-order valence-corrected chi connectivity index (χ3v) is 8.56. The predicted molar refractivity (Wildman–Crippen MR) is 127 cm³/mol. The molecule has 0 aromatic heterocycles. The van der Waals surface area contributed by atoms with Crippen molar-refractivity contribution in [2.75, 3.05) is 10.6 Å². The second kappa shape index (κ2) is 8.06. The van der Waals surface area contributed by atoms with Crippen LogP contribution in [0.5, 0.6) is 0 Å². The van der Waals surface area contributed by atoms with Crippen LogP contribution < -0.4 is 10.6 Å². The Morgan fingerprint density at radius 1 is 0.531 bits per heavy atom. The monoisotopic (exact) mass is 428 g/mol. The van der Waals surface area contributed by atoms with Gasteiger partial charge in [0.1, 0.15) is 0 Å². The van der Waals surface area contributed by atoms with Crippen LogP contribution in [0.1, 0.15) is 51.4 Å². The van der Waals surface area contributed by atoms with Gasteiger partial charge >= 0.3 is 0 Å². The van der Waals surface area contributed by atoms with Crippen molar-refractivity contribution in [2.24, 2.45) is 35.5 Å². The molecule has 6 rings (SSSR count). The Kier molecular flexibility index (Phi) is 5.04. The Morgan fingerprint density at radius 3 is 1.16 bits per heavy atom. The van der Waals surface area contributed by atoms with Crippen molar-refractivity contribution in [2.45, 2.75) is 51.4 Å². The Labute approximate surface area is 190 Å².